The van der Waals surface area contributed by atoms with Gasteiger partial charge >= 0.3 is 0 Å². The van der Waals surface area contributed by atoms with Crippen molar-refractivity contribution in [1.29, 1.82) is 0 Å². The van der Waals surface area contributed by atoms with E-state index in [1.807, 2.05) is 19.1 Å². The first-order valence-corrected chi connectivity index (χ1v) is 7.82. The highest BCUT2D eigenvalue weighted by Gasteiger charge is 2.34. The van der Waals surface area contributed by atoms with Crippen LogP contribution in [0.4, 0.5) is 5.69 Å². The van der Waals surface area contributed by atoms with E-state index in [0.717, 1.165) is 0 Å². The quantitative estimate of drug-likeness (QED) is 0.685. The lowest BCUT2D eigenvalue weighted by molar-refractivity contribution is -0.117. The normalized spacial score (nSPS) is 15.8. The second-order valence-corrected chi connectivity index (χ2v) is 5.52. The molecule has 5 nitrogen and oxygen atoms in total. The molecule has 0 atom stereocenters. The number of rotatable bonds is 4. The van der Waals surface area contributed by atoms with Crippen molar-refractivity contribution in [3.63, 3.8) is 0 Å². The lowest BCUT2D eigenvalue weighted by atomic mass is 10.1. The molecular weight excluding hydrogens is 328 g/mol. The first kappa shape index (κ1) is 16.1. The number of para-hydroxylation sites is 1. The molecule has 3 rings (SSSR count). The van der Waals surface area contributed by atoms with Gasteiger partial charge in [0.25, 0.3) is 11.8 Å². The molecule has 0 aromatic heterocycles. The van der Waals surface area contributed by atoms with Crippen molar-refractivity contribution in [2.24, 2.45) is 0 Å². The Bertz CT molecular complexity index is 815. The van der Waals surface area contributed by atoms with E-state index in [4.69, 9.17) is 16.3 Å². The molecule has 2 aromatic carbocycles. The van der Waals surface area contributed by atoms with Crippen molar-refractivity contribution < 1.29 is 14.3 Å². The number of hydrogen-bond acceptors (Lipinski definition) is 3. The molecule has 24 heavy (non-hydrogen) atoms. The van der Waals surface area contributed by atoms with Crippen LogP contribution in [0.5, 0.6) is 5.75 Å². The summed E-state index contributed by atoms with van der Waals surface area (Å²) in [6.07, 6.45) is 1.54. The first-order chi connectivity index (χ1) is 11.6. The second-order valence-electron chi connectivity index (χ2n) is 5.09. The van der Waals surface area contributed by atoms with Gasteiger partial charge in [-0.05, 0) is 43.3 Å². The number of nitrogens with one attached hydrogen (secondary N) is 1. The van der Waals surface area contributed by atoms with Gasteiger partial charge in [-0.25, -0.2) is 5.01 Å². The van der Waals surface area contributed by atoms with E-state index in [1.165, 1.54) is 5.01 Å². The summed E-state index contributed by atoms with van der Waals surface area (Å²) in [5, 5.41) is 1.76. The predicted molar refractivity (Wildman–Crippen MR) is 92.7 cm³/mol. The van der Waals surface area contributed by atoms with Gasteiger partial charge in [0.15, 0.2) is 0 Å². The molecule has 0 saturated carbocycles. The lowest BCUT2D eigenvalue weighted by Gasteiger charge is -2.14. The van der Waals surface area contributed by atoms with Crippen LogP contribution in [0.15, 0.2) is 54.1 Å². The van der Waals surface area contributed by atoms with Gasteiger partial charge < -0.3 is 4.74 Å². The Hall–Kier alpha value is -2.79. The number of nitrogens with zero attached hydrogens (tertiary/aromatic N) is 1. The number of ether oxygens (including phenoxy) is 1. The van der Waals surface area contributed by atoms with Gasteiger partial charge in [0.1, 0.15) is 11.3 Å². The minimum absolute atomic E-state index is 0.0529. The average Bonchev–Trinajstić information content (AvgIpc) is 2.86. The molecule has 1 aliphatic rings. The van der Waals surface area contributed by atoms with E-state index in [1.54, 1.807) is 42.5 Å². The van der Waals surface area contributed by atoms with Crippen LogP contribution in [0.3, 0.4) is 0 Å². The third-order valence-electron chi connectivity index (χ3n) is 3.49. The van der Waals surface area contributed by atoms with E-state index >= 15 is 0 Å². The van der Waals surface area contributed by atoms with Gasteiger partial charge in [-0.3, -0.25) is 15.0 Å². The van der Waals surface area contributed by atoms with E-state index < -0.39 is 11.8 Å². The predicted octanol–water partition coefficient (Wildman–Crippen LogP) is 3.20. The molecule has 1 fully saturated rings. The van der Waals surface area contributed by atoms with Crippen LogP contribution in [-0.4, -0.2) is 18.4 Å². The van der Waals surface area contributed by atoms with Gasteiger partial charge in [0, 0.05) is 10.6 Å². The monoisotopic (exact) mass is 342 g/mol. The Labute approximate surface area is 144 Å². The number of hydrogen-bond donors (Lipinski definition) is 1. The number of carbonyl (C=O) groups excluding carboxylic acids is 2. The number of carbonyl (C=O) groups is 2. The molecule has 0 radical (unpaired) electrons. The molecule has 1 N–H and O–H groups in total. The lowest BCUT2D eigenvalue weighted by Crippen LogP contribution is -2.35. The molecule has 122 valence electrons. The molecule has 0 unspecified atom stereocenters. The molecule has 0 bridgehead atoms. The minimum Gasteiger partial charge on any atom is -0.493 e. The van der Waals surface area contributed by atoms with Gasteiger partial charge in [-0.2, -0.15) is 0 Å². The van der Waals surface area contributed by atoms with E-state index in [9.17, 15) is 9.59 Å². The third kappa shape index (κ3) is 3.12. The second kappa shape index (κ2) is 6.76. The zero-order valence-corrected chi connectivity index (χ0v) is 13.7. The number of anilines is 1. The molecular formula is C18H15ClN2O3. The minimum atomic E-state index is -0.457. The maximum atomic E-state index is 12.6. The Morgan fingerprint density at radius 3 is 2.54 bits per heavy atom. The van der Waals surface area contributed by atoms with E-state index in [2.05, 4.69) is 5.43 Å². The van der Waals surface area contributed by atoms with Crippen molar-refractivity contribution in [2.45, 2.75) is 6.92 Å². The highest BCUT2D eigenvalue weighted by atomic mass is 35.5. The van der Waals surface area contributed by atoms with Crippen LogP contribution in [0.2, 0.25) is 5.02 Å². The fourth-order valence-electron chi connectivity index (χ4n) is 2.37. The molecule has 2 amide bonds. The van der Waals surface area contributed by atoms with Gasteiger partial charge in [-0.15, -0.1) is 0 Å². The zero-order chi connectivity index (χ0) is 17.1. The summed E-state index contributed by atoms with van der Waals surface area (Å²) < 4.78 is 5.53. The van der Waals surface area contributed by atoms with Crippen molar-refractivity contribution in [3.05, 3.63) is 64.7 Å². The van der Waals surface area contributed by atoms with E-state index in [0.29, 0.717) is 28.6 Å². The molecule has 1 aliphatic heterocycles. The number of halogens is 1. The highest BCUT2D eigenvalue weighted by Crippen LogP contribution is 2.26. The summed E-state index contributed by atoms with van der Waals surface area (Å²) in [4.78, 5) is 24.8. The molecule has 6 heteroatoms. The Morgan fingerprint density at radius 1 is 1.12 bits per heavy atom. The van der Waals surface area contributed by atoms with Gasteiger partial charge in [0.05, 0.1) is 12.3 Å². The fraction of sp³-hybridized carbons (Fsp3) is 0.111. The van der Waals surface area contributed by atoms with Crippen molar-refractivity contribution >= 4 is 35.2 Å². The van der Waals surface area contributed by atoms with Crippen molar-refractivity contribution in [2.75, 3.05) is 11.6 Å². The molecule has 0 spiro atoms. The summed E-state index contributed by atoms with van der Waals surface area (Å²) >= 11 is 5.85. The summed E-state index contributed by atoms with van der Waals surface area (Å²) in [5.74, 6) is -0.257. The van der Waals surface area contributed by atoms with Crippen LogP contribution in [0, 0.1) is 0 Å². The van der Waals surface area contributed by atoms with Crippen LogP contribution in [0.25, 0.3) is 6.08 Å². The maximum Gasteiger partial charge on any atom is 0.282 e. The number of amides is 2. The molecule has 0 aliphatic carbocycles. The Balaban J connectivity index is 1.93. The van der Waals surface area contributed by atoms with Crippen LogP contribution in [-0.2, 0) is 9.59 Å². The number of benzene rings is 2. The van der Waals surface area contributed by atoms with Crippen LogP contribution in [0.1, 0.15) is 12.5 Å². The van der Waals surface area contributed by atoms with Crippen LogP contribution >= 0.6 is 11.6 Å². The van der Waals surface area contributed by atoms with Crippen LogP contribution < -0.4 is 15.2 Å². The Morgan fingerprint density at radius 2 is 1.83 bits per heavy atom. The smallest absolute Gasteiger partial charge is 0.282 e. The summed E-state index contributed by atoms with van der Waals surface area (Å²) in [6, 6.07) is 13.9. The van der Waals surface area contributed by atoms with Gasteiger partial charge in [-0.1, -0.05) is 29.8 Å². The van der Waals surface area contributed by atoms with Crippen molar-refractivity contribution in [3.8, 4) is 5.75 Å². The van der Waals surface area contributed by atoms with Gasteiger partial charge in [0.2, 0.25) is 0 Å². The molecule has 1 saturated heterocycles. The zero-order valence-electron chi connectivity index (χ0n) is 13.0. The number of hydrazine groups is 1. The third-order valence-corrected chi connectivity index (χ3v) is 3.75. The molecule has 1 heterocycles. The maximum absolute atomic E-state index is 12.6. The summed E-state index contributed by atoms with van der Waals surface area (Å²) in [6.45, 7) is 2.37. The van der Waals surface area contributed by atoms with E-state index in [-0.39, 0.29) is 5.57 Å². The van der Waals surface area contributed by atoms with Crippen molar-refractivity contribution in [1.82, 2.24) is 5.43 Å². The largest absolute Gasteiger partial charge is 0.493 e. The fourth-order valence-corrected chi connectivity index (χ4v) is 2.50. The molecule has 2 aromatic rings. The SMILES string of the molecule is CCOc1ccccc1/C=C1\C(=O)NN(c2ccc(Cl)cc2)C1=O. The average molecular weight is 343 g/mol. The summed E-state index contributed by atoms with van der Waals surface area (Å²) in [7, 11) is 0. The first-order valence-electron chi connectivity index (χ1n) is 7.44. The topological polar surface area (TPSA) is 58.6 Å². The summed E-state index contributed by atoms with van der Waals surface area (Å²) in [5.41, 5.74) is 3.82. The highest BCUT2D eigenvalue weighted by molar-refractivity contribution is 6.32. The Kier molecular flexibility index (Phi) is 4.53. The standard InChI is InChI=1S/C18H15ClN2O3/c1-2-24-16-6-4-3-5-12(16)11-15-17(22)20-21(18(15)23)14-9-7-13(19)8-10-14/h3-11H,2H2,1H3,(H,20,22)/b15-11+.